The van der Waals surface area contributed by atoms with Gasteiger partial charge in [-0.1, -0.05) is 6.07 Å². The number of fused-ring (bicyclic) bond motifs is 2. The first-order chi connectivity index (χ1) is 23.2. The first-order valence-electron chi connectivity index (χ1n) is 16.1. The third-order valence-corrected chi connectivity index (χ3v) is 9.68. The third-order valence-electron chi connectivity index (χ3n) is 9.68. The summed E-state index contributed by atoms with van der Waals surface area (Å²) < 4.78 is 32.2. The van der Waals surface area contributed by atoms with Crippen LogP contribution in [0.3, 0.4) is 0 Å². The molecule has 3 fully saturated rings. The number of ether oxygens (including phenoxy) is 3. The molecule has 13 nitrogen and oxygen atoms in total. The molecule has 5 heterocycles. The number of piperazine rings is 1. The van der Waals surface area contributed by atoms with Gasteiger partial charge < -0.3 is 44.4 Å². The Kier molecular flexibility index (Phi) is 8.92. The van der Waals surface area contributed by atoms with Crippen molar-refractivity contribution in [3.8, 4) is 11.5 Å². The molecule has 254 valence electrons. The summed E-state index contributed by atoms with van der Waals surface area (Å²) in [6.07, 6.45) is -4.05. The minimum atomic E-state index is -1.88. The van der Waals surface area contributed by atoms with Crippen molar-refractivity contribution in [2.75, 3.05) is 56.2 Å². The highest BCUT2D eigenvalue weighted by Crippen LogP contribution is 2.40. The number of aliphatic hydroxyl groups is 3. The number of hydrogen-bond acceptors (Lipinski definition) is 12. The number of carbonyl (C=O) groups is 1. The second-order valence-corrected chi connectivity index (χ2v) is 12.4. The van der Waals surface area contributed by atoms with E-state index in [9.17, 15) is 25.2 Å². The topological polar surface area (TPSA) is 161 Å². The van der Waals surface area contributed by atoms with Gasteiger partial charge in [0.25, 0.3) is 0 Å². The number of aliphatic carboxylic acids is 1. The molecule has 7 rings (SSSR count). The highest BCUT2D eigenvalue weighted by Gasteiger charge is 2.48. The van der Waals surface area contributed by atoms with E-state index in [0.717, 1.165) is 67.4 Å². The second kappa shape index (κ2) is 13.3. The van der Waals surface area contributed by atoms with Crippen LogP contribution in [0.4, 0.5) is 15.8 Å². The van der Waals surface area contributed by atoms with Gasteiger partial charge in [-0.25, -0.2) is 9.18 Å². The van der Waals surface area contributed by atoms with Crippen molar-refractivity contribution in [3.05, 3.63) is 60.7 Å². The van der Waals surface area contributed by atoms with Gasteiger partial charge in [-0.2, -0.15) is 0 Å². The van der Waals surface area contributed by atoms with Crippen LogP contribution < -0.4 is 19.3 Å². The van der Waals surface area contributed by atoms with Crippen LogP contribution >= 0.6 is 0 Å². The van der Waals surface area contributed by atoms with Crippen molar-refractivity contribution in [2.45, 2.75) is 49.6 Å². The van der Waals surface area contributed by atoms with Gasteiger partial charge in [0.2, 0.25) is 6.29 Å². The van der Waals surface area contributed by atoms with Crippen molar-refractivity contribution in [1.82, 2.24) is 14.9 Å². The number of methoxy groups -OCH3 is 1. The normalized spacial score (nSPS) is 25.8. The summed E-state index contributed by atoms with van der Waals surface area (Å²) in [4.78, 5) is 27.7. The molecule has 0 radical (unpaired) electrons. The first-order valence-corrected chi connectivity index (χ1v) is 16.1. The Balaban J connectivity index is 1.07. The average molecular weight is 664 g/mol. The van der Waals surface area contributed by atoms with Crippen molar-refractivity contribution >= 4 is 39.1 Å². The maximum atomic E-state index is 15.3. The summed E-state index contributed by atoms with van der Waals surface area (Å²) in [5.74, 6) is -1.37. The Morgan fingerprint density at radius 1 is 0.896 bits per heavy atom. The zero-order chi connectivity index (χ0) is 33.5. The summed E-state index contributed by atoms with van der Waals surface area (Å²) in [6.45, 7) is 4.64. The molecule has 5 unspecified atom stereocenters. The van der Waals surface area contributed by atoms with Crippen molar-refractivity contribution in [2.24, 2.45) is 0 Å². The third kappa shape index (κ3) is 5.94. The first kappa shape index (κ1) is 32.2. The monoisotopic (exact) mass is 663 g/mol. The van der Waals surface area contributed by atoms with Crippen LogP contribution in [0.25, 0.3) is 21.8 Å². The molecular weight excluding hydrogens is 625 g/mol. The highest BCUT2D eigenvalue weighted by molar-refractivity contribution is 5.95. The molecule has 48 heavy (non-hydrogen) atoms. The average Bonchev–Trinajstić information content (AvgIpc) is 3.11. The maximum Gasteiger partial charge on any atom is 0.335 e. The summed E-state index contributed by atoms with van der Waals surface area (Å²) >= 11 is 0. The molecular formula is C34H38FN5O8. The molecule has 3 aliphatic rings. The number of aliphatic hydroxyl groups excluding tert-OH is 3. The lowest BCUT2D eigenvalue weighted by atomic mass is 9.99. The molecule has 4 N–H and O–H groups in total. The van der Waals surface area contributed by atoms with E-state index in [1.165, 1.54) is 0 Å². The van der Waals surface area contributed by atoms with E-state index < -0.39 is 42.5 Å². The lowest BCUT2D eigenvalue weighted by Gasteiger charge is -2.44. The lowest BCUT2D eigenvalue weighted by Crippen LogP contribution is -2.61. The van der Waals surface area contributed by atoms with Gasteiger partial charge in [-0.15, -0.1) is 0 Å². The van der Waals surface area contributed by atoms with E-state index in [1.54, 1.807) is 25.4 Å². The number of halogens is 1. The Bertz CT molecular complexity index is 1800. The molecule has 4 aromatic rings. The van der Waals surface area contributed by atoms with Crippen molar-refractivity contribution in [3.63, 3.8) is 0 Å². The number of rotatable bonds is 7. The largest absolute Gasteiger partial charge is 0.497 e. The van der Waals surface area contributed by atoms with Gasteiger partial charge in [-0.05, 0) is 37.1 Å². The maximum absolute atomic E-state index is 15.3. The summed E-state index contributed by atoms with van der Waals surface area (Å²) in [5.41, 5.74) is 2.84. The SMILES string of the molecule is COc1cc(N2CCN(C3CCN(c4c(OC5OC(C(=O)O)C(O)C(O)C5O)cc(F)c5cccnc45)CC3)CC2)c2ncccc2c1. The standard InChI is InChI=1S/C34H38FN5O8/c1-46-21-16-19-4-2-8-36-26(19)24(17-21)39-14-12-38(13-15-39)20-6-10-40(11-7-20)28-25(18-23(35)22-5-3-9-37-27(22)28)47-34-31(43)29(41)30(42)32(48-34)33(44)45/h2-5,8-9,16-18,20,29-32,34,41-43H,6-7,10-15H2,1H3,(H,44,45). The van der Waals surface area contributed by atoms with Gasteiger partial charge in [0.05, 0.1) is 18.3 Å². The zero-order valence-corrected chi connectivity index (χ0v) is 26.4. The van der Waals surface area contributed by atoms with Crippen LogP contribution in [0.15, 0.2) is 54.9 Å². The Hall–Kier alpha value is -4.34. The summed E-state index contributed by atoms with van der Waals surface area (Å²) in [6, 6.07) is 12.7. The van der Waals surface area contributed by atoms with Crippen LogP contribution in [0.5, 0.6) is 11.5 Å². The minimum Gasteiger partial charge on any atom is -0.497 e. The fraction of sp³-hybridized carbons (Fsp3) is 0.441. The number of carboxylic acid groups (broad SMARTS) is 1. The second-order valence-electron chi connectivity index (χ2n) is 12.4. The Morgan fingerprint density at radius 3 is 2.31 bits per heavy atom. The predicted octanol–water partition coefficient (Wildman–Crippen LogP) is 1.99. The van der Waals surface area contributed by atoms with Gasteiger partial charge >= 0.3 is 5.97 Å². The number of aromatic nitrogens is 2. The van der Waals surface area contributed by atoms with Gasteiger partial charge in [0.15, 0.2) is 11.9 Å². The van der Waals surface area contributed by atoms with Crippen LogP contribution in [0.1, 0.15) is 12.8 Å². The molecule has 5 atom stereocenters. The molecule has 2 aromatic heterocycles. The molecule has 3 saturated heterocycles. The summed E-state index contributed by atoms with van der Waals surface area (Å²) in [5, 5.41) is 41.8. The quantitative estimate of drug-likeness (QED) is 0.228. The molecule has 2 aromatic carbocycles. The van der Waals surface area contributed by atoms with E-state index in [1.807, 2.05) is 30.5 Å². The number of anilines is 2. The molecule has 14 heteroatoms. The van der Waals surface area contributed by atoms with E-state index in [4.69, 9.17) is 14.2 Å². The fourth-order valence-electron chi connectivity index (χ4n) is 7.12. The number of carboxylic acids is 1. The predicted molar refractivity (Wildman–Crippen MR) is 174 cm³/mol. The molecule has 0 amide bonds. The lowest BCUT2D eigenvalue weighted by molar-refractivity contribution is -0.271. The Labute approximate surface area is 275 Å². The van der Waals surface area contributed by atoms with Crippen LogP contribution in [-0.2, 0) is 9.53 Å². The van der Waals surface area contributed by atoms with E-state index >= 15 is 4.39 Å². The molecule has 0 spiro atoms. The number of pyridine rings is 2. The number of benzene rings is 2. The molecule has 0 aliphatic carbocycles. The van der Waals surface area contributed by atoms with Crippen LogP contribution in [-0.4, -0.2) is 124 Å². The number of nitrogens with zero attached hydrogens (tertiary/aromatic N) is 5. The highest BCUT2D eigenvalue weighted by atomic mass is 19.1. The molecule has 0 saturated carbocycles. The number of piperidine rings is 1. The molecule has 3 aliphatic heterocycles. The van der Waals surface area contributed by atoms with E-state index in [0.29, 0.717) is 30.3 Å². The fourth-order valence-corrected chi connectivity index (χ4v) is 7.12. The van der Waals surface area contributed by atoms with Crippen LogP contribution in [0.2, 0.25) is 0 Å². The smallest absolute Gasteiger partial charge is 0.335 e. The van der Waals surface area contributed by atoms with Crippen molar-refractivity contribution < 1.29 is 43.8 Å². The van der Waals surface area contributed by atoms with Gasteiger partial charge in [-0.3, -0.25) is 14.9 Å². The zero-order valence-electron chi connectivity index (χ0n) is 26.4. The summed E-state index contributed by atoms with van der Waals surface area (Å²) in [7, 11) is 1.67. The molecule has 0 bridgehead atoms. The van der Waals surface area contributed by atoms with Crippen molar-refractivity contribution in [1.29, 1.82) is 0 Å². The Morgan fingerprint density at radius 2 is 1.60 bits per heavy atom. The van der Waals surface area contributed by atoms with E-state index in [2.05, 4.69) is 24.7 Å². The van der Waals surface area contributed by atoms with Gasteiger partial charge in [0, 0.05) is 80.6 Å². The minimum absolute atomic E-state index is 0.0123. The van der Waals surface area contributed by atoms with E-state index in [-0.39, 0.29) is 11.1 Å². The van der Waals surface area contributed by atoms with Crippen LogP contribution in [0, 0.1) is 5.82 Å². The number of hydrogen-bond donors (Lipinski definition) is 4. The van der Waals surface area contributed by atoms with Gasteiger partial charge in [0.1, 0.15) is 41.1 Å².